The number of hydrogen-bond acceptors (Lipinski definition) is 2. The smallest absolute Gasteiger partial charge is 0.119 e. The van der Waals surface area contributed by atoms with E-state index >= 15 is 0 Å². The molecule has 0 bridgehead atoms. The maximum absolute atomic E-state index is 6.14. The van der Waals surface area contributed by atoms with E-state index in [-0.39, 0.29) is 0 Å². The standard InChI is InChI=1S/C18H20N2O/c1-3-20-11-14(18-16(19)5-4-6-17(18)20)12-21-15-9-7-13(2)8-10-15/h4-11H,3,12,19H2,1-2H3. The Balaban J connectivity index is 1.91. The Hall–Kier alpha value is -2.42. The number of aryl methyl sites for hydroxylation is 2. The number of benzene rings is 2. The second-order valence-electron chi connectivity index (χ2n) is 5.28. The van der Waals surface area contributed by atoms with E-state index in [0.29, 0.717) is 6.61 Å². The van der Waals surface area contributed by atoms with Crippen molar-refractivity contribution in [2.24, 2.45) is 0 Å². The molecule has 0 aliphatic heterocycles. The molecule has 0 fully saturated rings. The van der Waals surface area contributed by atoms with Crippen LogP contribution in [0.15, 0.2) is 48.7 Å². The average molecular weight is 280 g/mol. The van der Waals surface area contributed by atoms with Crippen molar-refractivity contribution in [3.63, 3.8) is 0 Å². The first-order chi connectivity index (χ1) is 10.2. The van der Waals surface area contributed by atoms with E-state index in [0.717, 1.165) is 28.9 Å². The summed E-state index contributed by atoms with van der Waals surface area (Å²) in [5, 5.41) is 1.10. The lowest BCUT2D eigenvalue weighted by atomic mass is 10.1. The van der Waals surface area contributed by atoms with Crippen molar-refractivity contribution in [1.82, 2.24) is 4.57 Å². The molecule has 0 radical (unpaired) electrons. The first kappa shape index (κ1) is 13.6. The van der Waals surface area contributed by atoms with Crippen LogP contribution >= 0.6 is 0 Å². The summed E-state index contributed by atoms with van der Waals surface area (Å²) >= 11 is 0. The fourth-order valence-electron chi connectivity index (χ4n) is 2.64. The molecule has 2 aromatic carbocycles. The molecule has 108 valence electrons. The number of rotatable bonds is 4. The Morgan fingerprint density at radius 3 is 2.57 bits per heavy atom. The summed E-state index contributed by atoms with van der Waals surface area (Å²) in [5.41, 5.74) is 10.5. The second kappa shape index (κ2) is 5.52. The van der Waals surface area contributed by atoms with Crippen LogP contribution in [0.1, 0.15) is 18.1 Å². The van der Waals surface area contributed by atoms with E-state index in [2.05, 4.69) is 42.8 Å². The normalized spacial score (nSPS) is 11.0. The van der Waals surface area contributed by atoms with Crippen LogP contribution in [0, 0.1) is 6.92 Å². The monoisotopic (exact) mass is 280 g/mol. The highest BCUT2D eigenvalue weighted by atomic mass is 16.5. The van der Waals surface area contributed by atoms with E-state index in [1.54, 1.807) is 0 Å². The van der Waals surface area contributed by atoms with Gasteiger partial charge in [0.15, 0.2) is 0 Å². The Kier molecular flexibility index (Phi) is 3.57. The first-order valence-corrected chi connectivity index (χ1v) is 7.24. The van der Waals surface area contributed by atoms with Crippen LogP contribution in [0.3, 0.4) is 0 Å². The van der Waals surface area contributed by atoms with Crippen LogP contribution in [0.4, 0.5) is 5.69 Å². The number of ether oxygens (including phenoxy) is 1. The zero-order chi connectivity index (χ0) is 14.8. The first-order valence-electron chi connectivity index (χ1n) is 7.24. The van der Waals surface area contributed by atoms with Gasteiger partial charge in [-0.3, -0.25) is 0 Å². The van der Waals surface area contributed by atoms with Gasteiger partial charge in [-0.2, -0.15) is 0 Å². The molecule has 0 aliphatic rings. The van der Waals surface area contributed by atoms with Gasteiger partial charge in [0.05, 0.1) is 5.52 Å². The Bertz CT molecular complexity index is 757. The Morgan fingerprint density at radius 2 is 1.86 bits per heavy atom. The number of fused-ring (bicyclic) bond motifs is 1. The zero-order valence-corrected chi connectivity index (χ0v) is 12.5. The molecule has 1 heterocycles. The van der Waals surface area contributed by atoms with Crippen molar-refractivity contribution < 1.29 is 4.74 Å². The molecule has 1 aromatic heterocycles. The van der Waals surface area contributed by atoms with E-state index in [1.807, 2.05) is 24.3 Å². The quantitative estimate of drug-likeness (QED) is 0.730. The number of aromatic nitrogens is 1. The van der Waals surface area contributed by atoms with Crippen LogP contribution in [0.25, 0.3) is 10.9 Å². The summed E-state index contributed by atoms with van der Waals surface area (Å²) in [7, 11) is 0. The maximum Gasteiger partial charge on any atom is 0.119 e. The molecule has 3 rings (SSSR count). The lowest BCUT2D eigenvalue weighted by Crippen LogP contribution is -1.96. The van der Waals surface area contributed by atoms with Gasteiger partial charge in [0.2, 0.25) is 0 Å². The molecule has 3 heteroatoms. The predicted octanol–water partition coefficient (Wildman–Crippen LogP) is 4.13. The van der Waals surface area contributed by atoms with Gasteiger partial charge < -0.3 is 15.0 Å². The summed E-state index contributed by atoms with van der Waals surface area (Å²) in [6.07, 6.45) is 2.13. The zero-order valence-electron chi connectivity index (χ0n) is 12.5. The lowest BCUT2D eigenvalue weighted by Gasteiger charge is -2.06. The minimum atomic E-state index is 0.529. The highest BCUT2D eigenvalue weighted by Crippen LogP contribution is 2.28. The molecule has 0 saturated heterocycles. The molecule has 0 saturated carbocycles. The molecule has 21 heavy (non-hydrogen) atoms. The third-order valence-corrected chi connectivity index (χ3v) is 3.77. The van der Waals surface area contributed by atoms with Gasteiger partial charge in [-0.25, -0.2) is 0 Å². The summed E-state index contributed by atoms with van der Waals surface area (Å²) in [6.45, 7) is 5.65. The molecular formula is C18H20N2O. The molecule has 0 atom stereocenters. The molecule has 3 aromatic rings. The van der Waals surface area contributed by atoms with Gasteiger partial charge in [-0.05, 0) is 38.1 Å². The van der Waals surface area contributed by atoms with Crippen LogP contribution in [-0.2, 0) is 13.2 Å². The second-order valence-corrected chi connectivity index (χ2v) is 5.28. The molecule has 0 amide bonds. The number of nitrogens with two attached hydrogens (primary N) is 1. The number of nitrogens with zero attached hydrogens (tertiary/aromatic N) is 1. The molecule has 2 N–H and O–H groups in total. The van der Waals surface area contributed by atoms with Crippen molar-refractivity contribution in [3.8, 4) is 5.75 Å². The Labute approximate surface area is 125 Å². The third-order valence-electron chi connectivity index (χ3n) is 3.77. The molecule has 0 aliphatic carbocycles. The Morgan fingerprint density at radius 1 is 1.10 bits per heavy atom. The van der Waals surface area contributed by atoms with Gasteiger partial charge in [0.1, 0.15) is 12.4 Å². The fourth-order valence-corrected chi connectivity index (χ4v) is 2.64. The maximum atomic E-state index is 6.14. The van der Waals surface area contributed by atoms with Crippen molar-refractivity contribution in [3.05, 3.63) is 59.8 Å². The third kappa shape index (κ3) is 2.59. The molecule has 0 unspecified atom stereocenters. The molecular weight excluding hydrogens is 260 g/mol. The van der Waals surface area contributed by atoms with Gasteiger partial charge in [-0.15, -0.1) is 0 Å². The van der Waals surface area contributed by atoms with Crippen LogP contribution in [0.5, 0.6) is 5.75 Å². The van der Waals surface area contributed by atoms with Gasteiger partial charge in [0.25, 0.3) is 0 Å². The van der Waals surface area contributed by atoms with E-state index < -0.39 is 0 Å². The highest BCUT2D eigenvalue weighted by molar-refractivity contribution is 5.94. The van der Waals surface area contributed by atoms with Crippen LogP contribution in [-0.4, -0.2) is 4.57 Å². The van der Waals surface area contributed by atoms with Crippen molar-refractivity contribution in [2.75, 3.05) is 5.73 Å². The largest absolute Gasteiger partial charge is 0.489 e. The van der Waals surface area contributed by atoms with Gasteiger partial charge >= 0.3 is 0 Å². The van der Waals surface area contributed by atoms with Crippen LogP contribution in [0.2, 0.25) is 0 Å². The number of hydrogen-bond donors (Lipinski definition) is 1. The summed E-state index contributed by atoms with van der Waals surface area (Å²) in [5.74, 6) is 0.882. The topological polar surface area (TPSA) is 40.2 Å². The number of nitrogen functional groups attached to an aromatic ring is 1. The highest BCUT2D eigenvalue weighted by Gasteiger charge is 2.10. The summed E-state index contributed by atoms with van der Waals surface area (Å²) in [6, 6.07) is 14.1. The summed E-state index contributed by atoms with van der Waals surface area (Å²) < 4.78 is 8.11. The number of anilines is 1. The summed E-state index contributed by atoms with van der Waals surface area (Å²) in [4.78, 5) is 0. The predicted molar refractivity (Wildman–Crippen MR) is 87.5 cm³/mol. The van der Waals surface area contributed by atoms with Crippen molar-refractivity contribution in [1.29, 1.82) is 0 Å². The fraction of sp³-hybridized carbons (Fsp3) is 0.222. The van der Waals surface area contributed by atoms with Crippen molar-refractivity contribution >= 4 is 16.6 Å². The average Bonchev–Trinajstić information content (AvgIpc) is 2.86. The van der Waals surface area contributed by atoms with E-state index in [1.165, 1.54) is 11.1 Å². The van der Waals surface area contributed by atoms with Gasteiger partial charge in [-0.1, -0.05) is 23.8 Å². The lowest BCUT2D eigenvalue weighted by molar-refractivity contribution is 0.307. The van der Waals surface area contributed by atoms with E-state index in [9.17, 15) is 0 Å². The minimum absolute atomic E-state index is 0.529. The van der Waals surface area contributed by atoms with Crippen LogP contribution < -0.4 is 10.5 Å². The van der Waals surface area contributed by atoms with E-state index in [4.69, 9.17) is 10.5 Å². The SMILES string of the molecule is CCn1cc(COc2ccc(C)cc2)c2c(N)cccc21. The molecule has 3 nitrogen and oxygen atoms in total. The van der Waals surface area contributed by atoms with Gasteiger partial charge in [0, 0.05) is 29.4 Å². The van der Waals surface area contributed by atoms with Crippen molar-refractivity contribution in [2.45, 2.75) is 27.0 Å². The molecule has 0 spiro atoms. The minimum Gasteiger partial charge on any atom is -0.489 e.